The molecule has 2 nitrogen and oxygen atoms in total. The molecule has 0 spiro atoms. The minimum absolute atomic E-state index is 0.148. The molecule has 0 heterocycles. The Kier molecular flexibility index (Phi) is 5.67. The van der Waals surface area contributed by atoms with E-state index in [-0.39, 0.29) is 18.2 Å². The number of aliphatic hydroxyl groups is 1. The monoisotopic (exact) mass is 373 g/mol. The molecule has 0 aliphatic carbocycles. The van der Waals surface area contributed by atoms with Crippen molar-refractivity contribution in [1.29, 1.82) is 0 Å². The summed E-state index contributed by atoms with van der Waals surface area (Å²) < 4.78 is 26.6. The maximum atomic E-state index is 13.3. The molecule has 0 atom stereocenters. The summed E-state index contributed by atoms with van der Waals surface area (Å²) in [5.74, 6) is -0.779. The summed E-state index contributed by atoms with van der Waals surface area (Å²) in [6.07, 6.45) is 0. The van der Waals surface area contributed by atoms with E-state index < -0.39 is 5.60 Å². The largest absolute Gasteiger partial charge is 0.379 e. The molecule has 5 heteroatoms. The van der Waals surface area contributed by atoms with Crippen LogP contribution in [0.15, 0.2) is 72.8 Å². The van der Waals surface area contributed by atoms with Crippen LogP contribution in [-0.2, 0) is 12.1 Å². The second kappa shape index (κ2) is 7.96. The third-order valence-electron chi connectivity index (χ3n) is 4.30. The van der Waals surface area contributed by atoms with Crippen molar-refractivity contribution in [3.05, 3.63) is 106 Å². The van der Waals surface area contributed by atoms with Crippen molar-refractivity contribution in [2.45, 2.75) is 12.1 Å². The minimum atomic E-state index is -1.44. The van der Waals surface area contributed by atoms with Crippen LogP contribution in [0.2, 0.25) is 5.02 Å². The number of benzene rings is 3. The van der Waals surface area contributed by atoms with Gasteiger partial charge in [0.15, 0.2) is 0 Å². The highest BCUT2D eigenvalue weighted by Crippen LogP contribution is 2.30. The first-order valence-corrected chi connectivity index (χ1v) is 8.55. The zero-order valence-electron chi connectivity index (χ0n) is 13.9. The second-order valence-electron chi connectivity index (χ2n) is 6.07. The molecular formula is C21H18ClF2NO. The summed E-state index contributed by atoms with van der Waals surface area (Å²) in [4.78, 5) is 0. The highest BCUT2D eigenvalue weighted by Gasteiger charge is 2.31. The van der Waals surface area contributed by atoms with E-state index in [0.29, 0.717) is 22.7 Å². The Morgan fingerprint density at radius 2 is 1.31 bits per heavy atom. The van der Waals surface area contributed by atoms with Gasteiger partial charge in [0.25, 0.3) is 0 Å². The molecule has 0 aliphatic heterocycles. The summed E-state index contributed by atoms with van der Waals surface area (Å²) in [6, 6.07) is 18.7. The van der Waals surface area contributed by atoms with E-state index in [4.69, 9.17) is 11.6 Å². The first kappa shape index (κ1) is 18.5. The molecule has 26 heavy (non-hydrogen) atoms. The van der Waals surface area contributed by atoms with Crippen LogP contribution >= 0.6 is 11.6 Å². The van der Waals surface area contributed by atoms with Gasteiger partial charge in [-0.1, -0.05) is 54.1 Å². The van der Waals surface area contributed by atoms with E-state index in [1.54, 1.807) is 6.07 Å². The van der Waals surface area contributed by atoms with Crippen LogP contribution in [0.4, 0.5) is 8.78 Å². The van der Waals surface area contributed by atoms with Gasteiger partial charge in [-0.15, -0.1) is 0 Å². The van der Waals surface area contributed by atoms with Gasteiger partial charge in [-0.25, -0.2) is 8.78 Å². The summed E-state index contributed by atoms with van der Waals surface area (Å²) in [5, 5.41) is 15.2. The average molecular weight is 374 g/mol. The van der Waals surface area contributed by atoms with Crippen molar-refractivity contribution in [3.63, 3.8) is 0 Å². The second-order valence-corrected chi connectivity index (χ2v) is 6.48. The lowest BCUT2D eigenvalue weighted by Crippen LogP contribution is -2.39. The molecule has 3 aromatic carbocycles. The number of halogens is 3. The standard InChI is InChI=1S/C21H18ClF2NO/c22-20-4-2-1-3-15(20)13-25-14-21(26,16-5-9-18(23)10-6-16)17-7-11-19(24)12-8-17/h1-12,25-26H,13-14H2. The lowest BCUT2D eigenvalue weighted by Gasteiger charge is -2.30. The SMILES string of the molecule is OC(CNCc1ccccc1Cl)(c1ccc(F)cc1)c1ccc(F)cc1. The number of hydrogen-bond acceptors (Lipinski definition) is 2. The Labute approximate surface area is 156 Å². The number of hydrogen-bond donors (Lipinski definition) is 2. The van der Waals surface area contributed by atoms with E-state index in [1.165, 1.54) is 48.5 Å². The van der Waals surface area contributed by atoms with Gasteiger partial charge < -0.3 is 10.4 Å². The molecule has 0 amide bonds. The number of rotatable bonds is 6. The van der Waals surface area contributed by atoms with Crippen molar-refractivity contribution in [3.8, 4) is 0 Å². The van der Waals surface area contributed by atoms with Crippen molar-refractivity contribution >= 4 is 11.6 Å². The first-order chi connectivity index (χ1) is 12.5. The van der Waals surface area contributed by atoms with Gasteiger partial charge in [0.1, 0.15) is 17.2 Å². The lowest BCUT2D eigenvalue weighted by atomic mass is 9.86. The predicted octanol–water partition coefficient (Wildman–Crippen LogP) is 4.64. The normalized spacial score (nSPS) is 11.5. The quantitative estimate of drug-likeness (QED) is 0.659. The van der Waals surface area contributed by atoms with Crippen LogP contribution in [0.3, 0.4) is 0 Å². The highest BCUT2D eigenvalue weighted by molar-refractivity contribution is 6.31. The zero-order valence-corrected chi connectivity index (χ0v) is 14.7. The predicted molar refractivity (Wildman–Crippen MR) is 99.0 cm³/mol. The third kappa shape index (κ3) is 4.10. The van der Waals surface area contributed by atoms with E-state index in [1.807, 2.05) is 18.2 Å². The highest BCUT2D eigenvalue weighted by atomic mass is 35.5. The van der Waals surface area contributed by atoms with Crippen molar-refractivity contribution in [2.24, 2.45) is 0 Å². The van der Waals surface area contributed by atoms with Gasteiger partial charge in [0, 0.05) is 18.1 Å². The zero-order chi connectivity index (χ0) is 18.6. The van der Waals surface area contributed by atoms with Gasteiger partial charge in [0.05, 0.1) is 0 Å². The Hall–Kier alpha value is -2.27. The molecule has 134 valence electrons. The van der Waals surface area contributed by atoms with Crippen molar-refractivity contribution < 1.29 is 13.9 Å². The van der Waals surface area contributed by atoms with E-state index in [0.717, 1.165) is 5.56 Å². The van der Waals surface area contributed by atoms with Gasteiger partial charge in [-0.05, 0) is 47.0 Å². The molecule has 0 aliphatic rings. The minimum Gasteiger partial charge on any atom is -0.379 e. The van der Waals surface area contributed by atoms with Gasteiger partial charge >= 0.3 is 0 Å². The van der Waals surface area contributed by atoms with Crippen molar-refractivity contribution in [1.82, 2.24) is 5.32 Å². The van der Waals surface area contributed by atoms with E-state index in [2.05, 4.69) is 5.32 Å². The fraction of sp³-hybridized carbons (Fsp3) is 0.143. The summed E-state index contributed by atoms with van der Waals surface area (Å²) in [5.41, 5.74) is 0.479. The van der Waals surface area contributed by atoms with Gasteiger partial charge in [-0.2, -0.15) is 0 Å². The average Bonchev–Trinajstić information content (AvgIpc) is 2.64. The lowest BCUT2D eigenvalue weighted by molar-refractivity contribution is 0.0795. The molecule has 0 fully saturated rings. The Bertz CT molecular complexity index is 820. The van der Waals surface area contributed by atoms with E-state index in [9.17, 15) is 13.9 Å². The van der Waals surface area contributed by atoms with Gasteiger partial charge in [-0.3, -0.25) is 0 Å². The van der Waals surface area contributed by atoms with Crippen LogP contribution < -0.4 is 5.32 Å². The molecule has 0 saturated heterocycles. The van der Waals surface area contributed by atoms with Crippen LogP contribution in [0.25, 0.3) is 0 Å². The molecule has 0 saturated carbocycles. The molecule has 0 bridgehead atoms. The van der Waals surface area contributed by atoms with Crippen molar-refractivity contribution in [2.75, 3.05) is 6.54 Å². The number of nitrogens with one attached hydrogen (secondary N) is 1. The van der Waals surface area contributed by atoms with Crippen LogP contribution in [0.5, 0.6) is 0 Å². The maximum absolute atomic E-state index is 13.3. The Morgan fingerprint density at radius 1 is 0.808 bits per heavy atom. The third-order valence-corrected chi connectivity index (χ3v) is 4.67. The van der Waals surface area contributed by atoms with Crippen LogP contribution in [0, 0.1) is 11.6 Å². The Balaban J connectivity index is 1.86. The summed E-state index contributed by atoms with van der Waals surface area (Å²) >= 11 is 6.16. The molecule has 3 rings (SSSR count). The van der Waals surface area contributed by atoms with Crippen LogP contribution in [-0.4, -0.2) is 11.7 Å². The molecule has 3 aromatic rings. The molecule has 0 aromatic heterocycles. The van der Waals surface area contributed by atoms with Gasteiger partial charge in [0.2, 0.25) is 0 Å². The fourth-order valence-electron chi connectivity index (χ4n) is 2.84. The van der Waals surface area contributed by atoms with E-state index >= 15 is 0 Å². The fourth-order valence-corrected chi connectivity index (χ4v) is 3.04. The molecule has 2 N–H and O–H groups in total. The molecular weight excluding hydrogens is 356 g/mol. The topological polar surface area (TPSA) is 32.3 Å². The first-order valence-electron chi connectivity index (χ1n) is 8.17. The smallest absolute Gasteiger partial charge is 0.127 e. The molecule has 0 radical (unpaired) electrons. The van der Waals surface area contributed by atoms with Crippen LogP contribution in [0.1, 0.15) is 16.7 Å². The summed E-state index contributed by atoms with van der Waals surface area (Å²) in [7, 11) is 0. The Morgan fingerprint density at radius 3 is 1.81 bits per heavy atom. The summed E-state index contributed by atoms with van der Waals surface area (Å²) in [6.45, 7) is 0.597. The molecule has 0 unspecified atom stereocenters. The maximum Gasteiger partial charge on any atom is 0.127 e.